The van der Waals surface area contributed by atoms with Crippen LogP contribution in [0.1, 0.15) is 57.3 Å². The fourth-order valence-corrected chi connectivity index (χ4v) is 2.44. The van der Waals surface area contributed by atoms with E-state index in [0.29, 0.717) is 10.6 Å². The molecule has 1 rings (SSSR count). The molecule has 4 heteroatoms. The molecule has 3 nitrogen and oxygen atoms in total. The molecule has 0 radical (unpaired) electrons. The van der Waals surface area contributed by atoms with Gasteiger partial charge in [-0.1, -0.05) is 31.9 Å². The molecule has 21 heavy (non-hydrogen) atoms. The molecule has 0 aliphatic carbocycles. The number of nitrogens with zero attached hydrogens (tertiary/aromatic N) is 1. The minimum atomic E-state index is 0.0660. The Labute approximate surface area is 133 Å². The van der Waals surface area contributed by atoms with Crippen LogP contribution in [0.3, 0.4) is 0 Å². The normalized spacial score (nSPS) is 12.0. The molecule has 0 heterocycles. The summed E-state index contributed by atoms with van der Waals surface area (Å²) < 4.78 is 0. The predicted octanol–water partition coefficient (Wildman–Crippen LogP) is 4.81. The first-order valence-corrected chi connectivity index (χ1v) is 8.27. The van der Waals surface area contributed by atoms with E-state index in [2.05, 4.69) is 26.1 Å². The van der Waals surface area contributed by atoms with Crippen molar-refractivity contribution in [3.63, 3.8) is 0 Å². The van der Waals surface area contributed by atoms with Gasteiger partial charge in [0.1, 0.15) is 0 Å². The minimum Gasteiger partial charge on any atom is -0.385 e. The number of hydrogen-bond acceptors (Lipinski definition) is 2. The van der Waals surface area contributed by atoms with E-state index in [1.165, 1.54) is 0 Å². The monoisotopic (exact) mass is 310 g/mol. The summed E-state index contributed by atoms with van der Waals surface area (Å²) in [6, 6.07) is 5.70. The predicted molar refractivity (Wildman–Crippen MR) is 91.3 cm³/mol. The van der Waals surface area contributed by atoms with Crippen molar-refractivity contribution in [1.29, 1.82) is 0 Å². The van der Waals surface area contributed by atoms with Gasteiger partial charge in [-0.2, -0.15) is 0 Å². The van der Waals surface area contributed by atoms with Gasteiger partial charge in [-0.25, -0.2) is 0 Å². The number of carbonyl (C=O) groups excluding carboxylic acids is 1. The molecule has 0 saturated heterocycles. The van der Waals surface area contributed by atoms with Crippen LogP contribution in [-0.2, 0) is 0 Å². The van der Waals surface area contributed by atoms with E-state index in [1.54, 1.807) is 6.07 Å². The van der Waals surface area contributed by atoms with Crippen LogP contribution in [0.4, 0.5) is 5.69 Å². The molecule has 0 aliphatic rings. The maximum absolute atomic E-state index is 12.9. The van der Waals surface area contributed by atoms with Crippen LogP contribution in [0, 0.1) is 0 Å². The lowest BCUT2D eigenvalue weighted by Gasteiger charge is -2.29. The van der Waals surface area contributed by atoms with Gasteiger partial charge in [0.25, 0.3) is 5.91 Å². The summed E-state index contributed by atoms with van der Waals surface area (Å²) in [4.78, 5) is 14.9. The lowest BCUT2D eigenvalue weighted by molar-refractivity contribution is 0.0686. The minimum absolute atomic E-state index is 0.0660. The summed E-state index contributed by atoms with van der Waals surface area (Å²) in [7, 11) is 0. The Morgan fingerprint density at radius 1 is 1.33 bits per heavy atom. The molecule has 1 unspecified atom stereocenters. The third-order valence-electron chi connectivity index (χ3n) is 3.72. The van der Waals surface area contributed by atoms with E-state index in [-0.39, 0.29) is 11.9 Å². The number of nitrogens with one attached hydrogen (secondary N) is 1. The Bertz CT molecular complexity index is 462. The molecule has 0 saturated carbocycles. The lowest BCUT2D eigenvalue weighted by atomic mass is 10.1. The highest BCUT2D eigenvalue weighted by molar-refractivity contribution is 6.31. The molecule has 0 aromatic heterocycles. The van der Waals surface area contributed by atoms with E-state index >= 15 is 0 Å². The van der Waals surface area contributed by atoms with Gasteiger partial charge in [0.15, 0.2) is 0 Å². The topological polar surface area (TPSA) is 32.3 Å². The summed E-state index contributed by atoms with van der Waals surface area (Å²) in [5, 5.41) is 3.84. The molecular formula is C17H27ClN2O. The molecular weight excluding hydrogens is 284 g/mol. The second kappa shape index (κ2) is 8.93. The number of carbonyl (C=O) groups is 1. The van der Waals surface area contributed by atoms with Crippen LogP contribution in [0.25, 0.3) is 0 Å². The van der Waals surface area contributed by atoms with Crippen molar-refractivity contribution in [3.8, 4) is 0 Å². The van der Waals surface area contributed by atoms with E-state index in [1.807, 2.05) is 24.0 Å². The summed E-state index contributed by atoms with van der Waals surface area (Å²) in [6.45, 7) is 9.95. The molecule has 0 fully saturated rings. The van der Waals surface area contributed by atoms with Crippen molar-refractivity contribution in [2.75, 3.05) is 18.4 Å². The molecule has 1 aromatic rings. The first-order valence-electron chi connectivity index (χ1n) is 7.89. The quantitative estimate of drug-likeness (QED) is 0.747. The zero-order valence-electron chi connectivity index (χ0n) is 13.6. The average Bonchev–Trinajstić information content (AvgIpc) is 2.49. The zero-order valence-corrected chi connectivity index (χ0v) is 14.3. The second-order valence-corrected chi connectivity index (χ2v) is 5.77. The Balaban J connectivity index is 3.09. The van der Waals surface area contributed by atoms with Gasteiger partial charge in [-0.05, 0) is 44.9 Å². The standard InChI is InChI=1S/C17H27ClN2O/c1-5-8-11-20(13(4)6-2)17(21)15-12-14(18)9-10-16(15)19-7-3/h9-10,12-13,19H,5-8,11H2,1-4H3. The number of rotatable bonds is 8. The smallest absolute Gasteiger partial charge is 0.256 e. The van der Waals surface area contributed by atoms with Crippen LogP contribution in [0.15, 0.2) is 18.2 Å². The molecule has 1 atom stereocenters. The molecule has 1 aromatic carbocycles. The van der Waals surface area contributed by atoms with Gasteiger partial charge in [0.2, 0.25) is 0 Å². The SMILES string of the molecule is CCCCN(C(=O)c1cc(Cl)ccc1NCC)C(C)CC. The van der Waals surface area contributed by atoms with Gasteiger partial charge in [0, 0.05) is 29.8 Å². The van der Waals surface area contributed by atoms with Gasteiger partial charge in [-0.3, -0.25) is 4.79 Å². The fraction of sp³-hybridized carbons (Fsp3) is 0.588. The maximum Gasteiger partial charge on any atom is 0.256 e. The Morgan fingerprint density at radius 2 is 2.05 bits per heavy atom. The van der Waals surface area contributed by atoms with Crippen molar-refractivity contribution in [3.05, 3.63) is 28.8 Å². The third kappa shape index (κ3) is 4.92. The van der Waals surface area contributed by atoms with E-state index in [9.17, 15) is 4.79 Å². The van der Waals surface area contributed by atoms with Crippen molar-refractivity contribution >= 4 is 23.2 Å². The average molecular weight is 311 g/mol. The zero-order chi connectivity index (χ0) is 15.8. The van der Waals surface area contributed by atoms with E-state index in [0.717, 1.165) is 38.0 Å². The first-order chi connectivity index (χ1) is 10.0. The van der Waals surface area contributed by atoms with Gasteiger partial charge in [0.05, 0.1) is 5.56 Å². The summed E-state index contributed by atoms with van der Waals surface area (Å²) in [5.41, 5.74) is 1.53. The number of amides is 1. The Morgan fingerprint density at radius 3 is 2.62 bits per heavy atom. The highest BCUT2D eigenvalue weighted by atomic mass is 35.5. The summed E-state index contributed by atoms with van der Waals surface area (Å²) >= 11 is 6.09. The lowest BCUT2D eigenvalue weighted by Crippen LogP contribution is -2.39. The van der Waals surface area contributed by atoms with E-state index in [4.69, 9.17) is 11.6 Å². The highest BCUT2D eigenvalue weighted by Gasteiger charge is 2.22. The highest BCUT2D eigenvalue weighted by Crippen LogP contribution is 2.23. The fourth-order valence-electron chi connectivity index (χ4n) is 2.26. The molecule has 1 amide bonds. The van der Waals surface area contributed by atoms with Crippen molar-refractivity contribution in [2.24, 2.45) is 0 Å². The number of halogens is 1. The molecule has 1 N–H and O–H groups in total. The number of hydrogen-bond donors (Lipinski definition) is 1. The van der Waals surface area contributed by atoms with Gasteiger partial charge in [-0.15, -0.1) is 0 Å². The summed E-state index contributed by atoms with van der Waals surface area (Å²) in [6.07, 6.45) is 3.05. The van der Waals surface area contributed by atoms with Crippen LogP contribution >= 0.6 is 11.6 Å². The first kappa shape index (κ1) is 17.8. The van der Waals surface area contributed by atoms with Crippen LogP contribution < -0.4 is 5.32 Å². The summed E-state index contributed by atoms with van der Waals surface area (Å²) in [5.74, 6) is 0.0660. The van der Waals surface area contributed by atoms with Crippen molar-refractivity contribution < 1.29 is 4.79 Å². The van der Waals surface area contributed by atoms with Crippen LogP contribution in [-0.4, -0.2) is 29.9 Å². The van der Waals surface area contributed by atoms with Crippen molar-refractivity contribution in [1.82, 2.24) is 4.90 Å². The number of unbranched alkanes of at least 4 members (excludes halogenated alkanes) is 1. The molecule has 0 spiro atoms. The maximum atomic E-state index is 12.9. The molecule has 118 valence electrons. The molecule has 0 bridgehead atoms. The largest absolute Gasteiger partial charge is 0.385 e. The van der Waals surface area contributed by atoms with Crippen molar-refractivity contribution in [2.45, 2.75) is 53.0 Å². The number of benzene rings is 1. The van der Waals surface area contributed by atoms with Crippen LogP contribution in [0.5, 0.6) is 0 Å². The second-order valence-electron chi connectivity index (χ2n) is 5.33. The Kier molecular flexibility index (Phi) is 7.58. The van der Waals surface area contributed by atoms with E-state index < -0.39 is 0 Å². The Hall–Kier alpha value is -1.22. The van der Waals surface area contributed by atoms with Crippen LogP contribution in [0.2, 0.25) is 5.02 Å². The number of anilines is 1. The van der Waals surface area contributed by atoms with Gasteiger partial charge < -0.3 is 10.2 Å². The molecule has 0 aliphatic heterocycles. The third-order valence-corrected chi connectivity index (χ3v) is 3.95. The van der Waals surface area contributed by atoms with Gasteiger partial charge >= 0.3 is 0 Å².